The third-order valence-electron chi connectivity index (χ3n) is 5.43. The van der Waals surface area contributed by atoms with Gasteiger partial charge in [-0.3, -0.25) is 14.2 Å². The third-order valence-corrected chi connectivity index (χ3v) is 6.74. The number of carbonyl (C=O) groups excluding carboxylic acids is 1. The Morgan fingerprint density at radius 1 is 1.18 bits per heavy atom. The Kier molecular flexibility index (Phi) is 9.42. The summed E-state index contributed by atoms with van der Waals surface area (Å²) in [6, 6.07) is 15.8. The number of methoxy groups -OCH3 is 1. The van der Waals surface area contributed by atoms with Crippen LogP contribution in [0.3, 0.4) is 0 Å². The Morgan fingerprint density at radius 3 is 2.56 bits per heavy atom. The summed E-state index contributed by atoms with van der Waals surface area (Å²) in [5.74, 6) is -0.812. The molecule has 3 aromatic rings. The van der Waals surface area contributed by atoms with Crippen LogP contribution in [0.25, 0.3) is 0 Å². The maximum atomic E-state index is 14.1. The molecule has 1 atom stereocenters. The number of benzene rings is 2. The van der Waals surface area contributed by atoms with Crippen LogP contribution < -0.4 is 10.9 Å². The monoisotopic (exact) mass is 483 g/mol. The first-order valence-electron chi connectivity index (χ1n) is 11.3. The average molecular weight is 484 g/mol. The van der Waals surface area contributed by atoms with E-state index in [9.17, 15) is 14.0 Å². The highest BCUT2D eigenvalue weighted by atomic mass is 32.2. The summed E-state index contributed by atoms with van der Waals surface area (Å²) in [5, 5.41) is 2.58. The first-order chi connectivity index (χ1) is 16.4. The molecular formula is C26H30FN3O3S. The average Bonchev–Trinajstić information content (AvgIpc) is 2.84. The van der Waals surface area contributed by atoms with Crippen LogP contribution in [0, 0.1) is 5.82 Å². The van der Waals surface area contributed by atoms with Gasteiger partial charge in [0.2, 0.25) is 5.91 Å². The minimum Gasteiger partial charge on any atom is -0.378 e. The topological polar surface area (TPSA) is 73.2 Å². The Bertz CT molecular complexity index is 1170. The fourth-order valence-electron chi connectivity index (χ4n) is 3.55. The van der Waals surface area contributed by atoms with E-state index >= 15 is 0 Å². The van der Waals surface area contributed by atoms with Crippen LogP contribution >= 0.6 is 11.8 Å². The van der Waals surface area contributed by atoms with E-state index in [-0.39, 0.29) is 23.8 Å². The number of para-hydroxylation sites is 1. The first-order valence-corrected chi connectivity index (χ1v) is 12.2. The van der Waals surface area contributed by atoms with Gasteiger partial charge in [0.1, 0.15) is 5.82 Å². The highest BCUT2D eigenvalue weighted by Gasteiger charge is 2.24. The Balaban J connectivity index is 1.91. The molecule has 2 aromatic carbocycles. The van der Waals surface area contributed by atoms with Crippen molar-refractivity contribution in [2.75, 3.05) is 12.4 Å². The fourth-order valence-corrected chi connectivity index (χ4v) is 4.65. The summed E-state index contributed by atoms with van der Waals surface area (Å²) in [4.78, 5) is 31.1. The molecule has 34 heavy (non-hydrogen) atoms. The number of anilines is 1. The summed E-state index contributed by atoms with van der Waals surface area (Å²) in [6.45, 7) is 2.23. The maximum absolute atomic E-state index is 14.1. The van der Waals surface area contributed by atoms with Crippen molar-refractivity contribution < 1.29 is 13.9 Å². The summed E-state index contributed by atoms with van der Waals surface area (Å²) in [6.07, 6.45) is 2.73. The quantitative estimate of drug-likeness (QED) is 0.309. The van der Waals surface area contributed by atoms with Crippen LogP contribution in [0.4, 0.5) is 10.1 Å². The molecular weight excluding hydrogens is 453 g/mol. The molecule has 8 heteroatoms. The van der Waals surface area contributed by atoms with Crippen molar-refractivity contribution >= 4 is 23.4 Å². The van der Waals surface area contributed by atoms with E-state index in [0.717, 1.165) is 18.4 Å². The van der Waals surface area contributed by atoms with Gasteiger partial charge in [-0.1, -0.05) is 74.0 Å². The molecule has 0 bridgehead atoms. The Hall–Kier alpha value is -2.97. The lowest BCUT2D eigenvalue weighted by Gasteiger charge is -2.19. The maximum Gasteiger partial charge on any atom is 0.257 e. The van der Waals surface area contributed by atoms with Gasteiger partial charge in [-0.2, -0.15) is 0 Å². The van der Waals surface area contributed by atoms with E-state index in [1.165, 1.54) is 28.5 Å². The van der Waals surface area contributed by atoms with Crippen LogP contribution in [0.5, 0.6) is 0 Å². The lowest BCUT2D eigenvalue weighted by molar-refractivity contribution is -0.115. The second-order valence-corrected chi connectivity index (χ2v) is 9.17. The van der Waals surface area contributed by atoms with Gasteiger partial charge in [0, 0.05) is 26.1 Å². The number of rotatable bonds is 11. The number of unbranched alkanes of at least 4 members (excludes halogenated alkanes) is 1. The second-order valence-electron chi connectivity index (χ2n) is 8.00. The van der Waals surface area contributed by atoms with E-state index < -0.39 is 11.1 Å². The number of amides is 1. The highest BCUT2D eigenvalue weighted by Crippen LogP contribution is 2.27. The van der Waals surface area contributed by atoms with Crippen molar-refractivity contribution in [3.05, 3.63) is 87.6 Å². The van der Waals surface area contributed by atoms with E-state index in [0.29, 0.717) is 29.3 Å². The summed E-state index contributed by atoms with van der Waals surface area (Å²) >= 11 is 1.22. The van der Waals surface area contributed by atoms with Crippen LogP contribution in [0.2, 0.25) is 0 Å². The molecule has 0 fully saturated rings. The van der Waals surface area contributed by atoms with Gasteiger partial charge >= 0.3 is 0 Å². The minimum absolute atomic E-state index is 0.134. The Morgan fingerprint density at radius 2 is 1.88 bits per heavy atom. The number of aromatic nitrogens is 2. The van der Waals surface area contributed by atoms with E-state index in [4.69, 9.17) is 9.72 Å². The van der Waals surface area contributed by atoms with Crippen molar-refractivity contribution in [2.45, 2.75) is 49.6 Å². The van der Waals surface area contributed by atoms with Crippen LogP contribution in [0.15, 0.2) is 64.5 Å². The predicted octanol–water partition coefficient (Wildman–Crippen LogP) is 4.95. The molecule has 180 valence electrons. The minimum atomic E-state index is -0.534. The van der Waals surface area contributed by atoms with Crippen molar-refractivity contribution in [3.8, 4) is 0 Å². The van der Waals surface area contributed by atoms with Gasteiger partial charge in [0.25, 0.3) is 5.56 Å². The molecule has 1 heterocycles. The number of hydrogen-bond donors (Lipinski definition) is 1. The zero-order chi connectivity index (χ0) is 24.5. The second kappa shape index (κ2) is 12.5. The zero-order valence-electron chi connectivity index (χ0n) is 19.7. The molecule has 0 saturated carbocycles. The van der Waals surface area contributed by atoms with Gasteiger partial charge in [0.05, 0.1) is 23.2 Å². The molecule has 0 aliphatic rings. The van der Waals surface area contributed by atoms with Crippen LogP contribution in [0.1, 0.15) is 43.0 Å². The summed E-state index contributed by atoms with van der Waals surface area (Å²) in [5.41, 5.74) is 2.10. The normalized spacial score (nSPS) is 11.9. The standard InChI is InChI=1S/C26H30FN3O3S/c1-4-5-15-23(24(31)28-21-14-10-9-13-20(21)27)34-26-29-22(17-33-3)19(25(32)30(26)2)16-18-11-7-6-8-12-18/h6-14,23H,4-5,15-17H2,1-3H3,(H,28,31). The van der Waals surface area contributed by atoms with Gasteiger partial charge in [0.15, 0.2) is 5.16 Å². The number of carbonyl (C=O) groups is 1. The molecule has 0 saturated heterocycles. The first kappa shape index (κ1) is 25.6. The third kappa shape index (κ3) is 6.55. The van der Waals surface area contributed by atoms with E-state index in [2.05, 4.69) is 5.32 Å². The molecule has 1 unspecified atom stereocenters. The smallest absolute Gasteiger partial charge is 0.257 e. The summed E-state index contributed by atoms with van der Waals surface area (Å²) < 4.78 is 20.9. The molecule has 1 amide bonds. The fraction of sp³-hybridized carbons (Fsp3) is 0.346. The van der Waals surface area contributed by atoms with Crippen LogP contribution in [-0.4, -0.2) is 27.8 Å². The molecule has 0 aliphatic carbocycles. The number of hydrogen-bond acceptors (Lipinski definition) is 5. The number of thioether (sulfide) groups is 1. The SMILES string of the molecule is CCCCC(Sc1nc(COC)c(Cc2ccccc2)c(=O)n1C)C(=O)Nc1ccccc1F. The molecule has 0 aliphatic heterocycles. The lowest BCUT2D eigenvalue weighted by atomic mass is 10.0. The van der Waals surface area contributed by atoms with E-state index in [1.807, 2.05) is 37.3 Å². The zero-order valence-corrected chi connectivity index (χ0v) is 20.5. The molecule has 0 spiro atoms. The van der Waals surface area contributed by atoms with Crippen molar-refractivity contribution in [2.24, 2.45) is 7.05 Å². The number of halogens is 1. The van der Waals surface area contributed by atoms with Crippen LogP contribution in [-0.2, 0) is 29.6 Å². The van der Waals surface area contributed by atoms with Gasteiger partial charge < -0.3 is 10.1 Å². The summed E-state index contributed by atoms with van der Waals surface area (Å²) in [7, 11) is 3.22. The number of ether oxygens (including phenoxy) is 1. The molecule has 3 rings (SSSR count). The Labute approximate surface area is 203 Å². The molecule has 1 N–H and O–H groups in total. The predicted molar refractivity (Wildman–Crippen MR) is 134 cm³/mol. The largest absolute Gasteiger partial charge is 0.378 e. The van der Waals surface area contributed by atoms with Crippen molar-refractivity contribution in [1.29, 1.82) is 0 Å². The van der Waals surface area contributed by atoms with E-state index in [1.54, 1.807) is 26.3 Å². The molecule has 1 aromatic heterocycles. The number of nitrogens with one attached hydrogen (secondary N) is 1. The van der Waals surface area contributed by atoms with Crippen molar-refractivity contribution in [1.82, 2.24) is 9.55 Å². The molecule has 0 radical (unpaired) electrons. The van der Waals surface area contributed by atoms with Gasteiger partial charge in [-0.15, -0.1) is 0 Å². The highest BCUT2D eigenvalue weighted by molar-refractivity contribution is 8.00. The van der Waals surface area contributed by atoms with Gasteiger partial charge in [-0.25, -0.2) is 9.37 Å². The lowest BCUT2D eigenvalue weighted by Crippen LogP contribution is -2.30. The number of nitrogens with zero attached hydrogens (tertiary/aromatic N) is 2. The van der Waals surface area contributed by atoms with Gasteiger partial charge in [-0.05, 0) is 24.1 Å². The molecule has 6 nitrogen and oxygen atoms in total. The van der Waals surface area contributed by atoms with Crippen molar-refractivity contribution in [3.63, 3.8) is 0 Å².